The smallest absolute Gasteiger partial charge is 0.265 e. The lowest BCUT2D eigenvalue weighted by Gasteiger charge is -2.32. The number of thiophene rings is 1. The number of fused-ring (bicyclic) bond motifs is 1. The molecule has 2 heterocycles. The lowest BCUT2D eigenvalue weighted by molar-refractivity contribution is -0.136. The second-order valence-electron chi connectivity index (χ2n) is 9.87. The molecule has 198 valence electrons. The van der Waals surface area contributed by atoms with Crippen molar-refractivity contribution in [3.8, 4) is 6.07 Å². The topological polar surface area (TPSA) is 93.5 Å². The van der Waals surface area contributed by atoms with E-state index >= 15 is 0 Å². The van der Waals surface area contributed by atoms with Gasteiger partial charge >= 0.3 is 0 Å². The molecule has 0 aliphatic carbocycles. The first-order valence-corrected chi connectivity index (χ1v) is 13.5. The van der Waals surface area contributed by atoms with Crippen molar-refractivity contribution in [3.05, 3.63) is 64.2 Å². The molecule has 10 heteroatoms. The Morgan fingerprint density at radius 1 is 1.24 bits per heavy atom. The van der Waals surface area contributed by atoms with Crippen LogP contribution in [0, 0.1) is 29.0 Å². The van der Waals surface area contributed by atoms with Gasteiger partial charge in [-0.15, -0.1) is 11.3 Å². The number of benzene rings is 2. The van der Waals surface area contributed by atoms with Crippen LogP contribution in [0.5, 0.6) is 0 Å². The molecule has 0 bridgehead atoms. The molecular formula is C28H28ClFN4O3S. The van der Waals surface area contributed by atoms with E-state index in [1.807, 2.05) is 19.9 Å². The first-order chi connectivity index (χ1) is 18.1. The number of likely N-dealkylation sites (N-methyl/N-ethyl adjacent to an activating group) is 1. The number of nitrogens with one attached hydrogen (secondary N) is 1. The number of likely N-dealkylation sites (tertiary alicyclic amines) is 1. The SMILES string of the molecule is CC(C)CC(C(=O)N1CC(C(=O)Nc2ccccc2)CC1C#N)N(C)C(=O)c1sc2cc(F)ccc2c1Cl. The van der Waals surface area contributed by atoms with Crippen LogP contribution in [0.25, 0.3) is 10.1 Å². The summed E-state index contributed by atoms with van der Waals surface area (Å²) in [5.74, 6) is -2.04. The molecule has 1 aliphatic rings. The van der Waals surface area contributed by atoms with Gasteiger partial charge in [-0.1, -0.05) is 43.6 Å². The molecule has 1 N–H and O–H groups in total. The van der Waals surface area contributed by atoms with E-state index < -0.39 is 29.7 Å². The maximum Gasteiger partial charge on any atom is 0.265 e. The maximum absolute atomic E-state index is 13.8. The van der Waals surface area contributed by atoms with Gasteiger partial charge in [-0.2, -0.15) is 5.26 Å². The van der Waals surface area contributed by atoms with E-state index in [1.54, 1.807) is 24.3 Å². The number of anilines is 1. The number of nitrogens with zero attached hydrogens (tertiary/aromatic N) is 3. The quantitative estimate of drug-likeness (QED) is 0.414. The fraction of sp³-hybridized carbons (Fsp3) is 0.357. The van der Waals surface area contributed by atoms with Gasteiger partial charge in [0.05, 0.1) is 17.0 Å². The van der Waals surface area contributed by atoms with Crippen LogP contribution in [0.4, 0.5) is 10.1 Å². The van der Waals surface area contributed by atoms with E-state index in [4.69, 9.17) is 11.6 Å². The van der Waals surface area contributed by atoms with Crippen LogP contribution in [-0.2, 0) is 9.59 Å². The summed E-state index contributed by atoms with van der Waals surface area (Å²) < 4.78 is 14.3. The lowest BCUT2D eigenvalue weighted by Crippen LogP contribution is -2.51. The molecule has 1 aliphatic heterocycles. The molecule has 7 nitrogen and oxygen atoms in total. The van der Waals surface area contributed by atoms with Gasteiger partial charge in [0.15, 0.2) is 0 Å². The Balaban J connectivity index is 1.56. The molecule has 1 saturated heterocycles. The van der Waals surface area contributed by atoms with Gasteiger partial charge in [0.1, 0.15) is 22.8 Å². The minimum absolute atomic E-state index is 0.0616. The van der Waals surface area contributed by atoms with Crippen LogP contribution in [-0.4, -0.2) is 53.2 Å². The van der Waals surface area contributed by atoms with Gasteiger partial charge in [0.25, 0.3) is 5.91 Å². The van der Waals surface area contributed by atoms with Gasteiger partial charge < -0.3 is 15.1 Å². The second kappa shape index (κ2) is 11.5. The minimum atomic E-state index is -0.868. The maximum atomic E-state index is 13.8. The number of rotatable bonds is 7. The fourth-order valence-corrected chi connectivity index (χ4v) is 6.22. The molecule has 0 spiro atoms. The molecule has 3 amide bonds. The number of hydrogen-bond acceptors (Lipinski definition) is 5. The van der Waals surface area contributed by atoms with Crippen LogP contribution in [0.15, 0.2) is 48.5 Å². The van der Waals surface area contributed by atoms with E-state index in [0.29, 0.717) is 22.2 Å². The predicted octanol–water partition coefficient (Wildman–Crippen LogP) is 5.56. The lowest BCUT2D eigenvalue weighted by atomic mass is 10.0. The van der Waals surface area contributed by atoms with Crippen LogP contribution >= 0.6 is 22.9 Å². The van der Waals surface area contributed by atoms with E-state index in [-0.39, 0.29) is 40.6 Å². The van der Waals surface area contributed by atoms with Crippen molar-refractivity contribution in [1.82, 2.24) is 9.80 Å². The Morgan fingerprint density at radius 2 is 1.95 bits per heavy atom. The van der Waals surface area contributed by atoms with Crippen molar-refractivity contribution in [3.63, 3.8) is 0 Å². The summed E-state index contributed by atoms with van der Waals surface area (Å²) in [5.41, 5.74) is 0.638. The number of nitriles is 1. The molecule has 2 aromatic carbocycles. The summed E-state index contributed by atoms with van der Waals surface area (Å²) in [4.78, 5) is 43.3. The predicted molar refractivity (Wildman–Crippen MR) is 146 cm³/mol. The van der Waals surface area contributed by atoms with Gasteiger partial charge in [-0.05, 0) is 49.1 Å². The summed E-state index contributed by atoms with van der Waals surface area (Å²) in [6.07, 6.45) is 0.564. The molecule has 4 rings (SSSR count). The highest BCUT2D eigenvalue weighted by atomic mass is 35.5. The first-order valence-electron chi connectivity index (χ1n) is 12.3. The van der Waals surface area contributed by atoms with Gasteiger partial charge in [-0.25, -0.2) is 4.39 Å². The fourth-order valence-electron chi connectivity index (χ4n) is 4.70. The van der Waals surface area contributed by atoms with Crippen molar-refractivity contribution in [1.29, 1.82) is 5.26 Å². The molecule has 1 aromatic heterocycles. The summed E-state index contributed by atoms with van der Waals surface area (Å²) >= 11 is 7.56. The first kappa shape index (κ1) is 27.6. The van der Waals surface area contributed by atoms with Gasteiger partial charge in [-0.3, -0.25) is 14.4 Å². The van der Waals surface area contributed by atoms with Gasteiger partial charge in [0, 0.05) is 29.4 Å². The van der Waals surface area contributed by atoms with Crippen molar-refractivity contribution >= 4 is 56.4 Å². The van der Waals surface area contributed by atoms with Crippen molar-refractivity contribution in [2.45, 2.75) is 38.8 Å². The Morgan fingerprint density at radius 3 is 2.61 bits per heavy atom. The average Bonchev–Trinajstić information content (AvgIpc) is 3.47. The average molecular weight is 555 g/mol. The largest absolute Gasteiger partial charge is 0.329 e. The van der Waals surface area contributed by atoms with Crippen LogP contribution in [0.2, 0.25) is 5.02 Å². The molecule has 3 unspecified atom stereocenters. The van der Waals surface area contributed by atoms with Crippen molar-refractivity contribution < 1.29 is 18.8 Å². The van der Waals surface area contributed by atoms with Crippen molar-refractivity contribution in [2.75, 3.05) is 18.9 Å². The summed E-state index contributed by atoms with van der Waals surface area (Å²) in [6, 6.07) is 13.6. The second-order valence-corrected chi connectivity index (χ2v) is 11.3. The molecule has 38 heavy (non-hydrogen) atoms. The summed E-state index contributed by atoms with van der Waals surface area (Å²) in [7, 11) is 1.53. The van der Waals surface area contributed by atoms with Crippen molar-refractivity contribution in [2.24, 2.45) is 11.8 Å². The third-order valence-electron chi connectivity index (χ3n) is 6.70. The monoisotopic (exact) mass is 554 g/mol. The Labute approximate surface area is 229 Å². The van der Waals surface area contributed by atoms with E-state index in [2.05, 4.69) is 11.4 Å². The molecule has 1 fully saturated rings. The number of para-hydroxylation sites is 1. The molecule has 0 radical (unpaired) electrons. The van der Waals surface area contributed by atoms with Crippen LogP contribution in [0.1, 0.15) is 36.4 Å². The third-order valence-corrected chi connectivity index (χ3v) is 8.34. The van der Waals surface area contributed by atoms with E-state index in [0.717, 1.165) is 11.3 Å². The molecular weight excluding hydrogens is 527 g/mol. The molecule has 0 saturated carbocycles. The highest BCUT2D eigenvalue weighted by Crippen LogP contribution is 2.37. The summed E-state index contributed by atoms with van der Waals surface area (Å²) in [6.45, 7) is 3.96. The Hall–Kier alpha value is -3.48. The summed E-state index contributed by atoms with van der Waals surface area (Å²) in [5, 5.41) is 13.4. The highest BCUT2D eigenvalue weighted by Gasteiger charge is 2.43. The van der Waals surface area contributed by atoms with Crippen LogP contribution < -0.4 is 5.32 Å². The van der Waals surface area contributed by atoms with Crippen LogP contribution in [0.3, 0.4) is 0 Å². The molecule has 3 atom stereocenters. The van der Waals surface area contributed by atoms with Gasteiger partial charge in [0.2, 0.25) is 11.8 Å². The highest BCUT2D eigenvalue weighted by molar-refractivity contribution is 7.21. The number of halogens is 2. The zero-order valence-corrected chi connectivity index (χ0v) is 22.9. The zero-order valence-electron chi connectivity index (χ0n) is 21.3. The standard InChI is InChI=1S/C28H28ClFN4O3S/c1-16(2)11-22(33(3)28(37)25-24(29)21-10-9-18(30)13-23(21)38-25)27(36)34-15-17(12-20(34)14-31)26(35)32-19-7-5-4-6-8-19/h4-10,13,16-17,20,22H,11-12,15H2,1-3H3,(H,32,35). The van der Waals surface area contributed by atoms with E-state index in [1.165, 1.54) is 35.0 Å². The van der Waals surface area contributed by atoms with E-state index in [9.17, 15) is 24.0 Å². The number of amides is 3. The minimum Gasteiger partial charge on any atom is -0.329 e. The zero-order chi connectivity index (χ0) is 27.6. The number of carbonyl (C=O) groups is 3. The normalized spacial score (nSPS) is 17.9. The number of hydrogen-bond donors (Lipinski definition) is 1. The third kappa shape index (κ3) is 5.66. The number of carbonyl (C=O) groups excluding carboxylic acids is 3. The Bertz CT molecular complexity index is 1400. The molecule has 3 aromatic rings. The Kier molecular flexibility index (Phi) is 8.34.